The van der Waals surface area contributed by atoms with Gasteiger partial charge in [-0.25, -0.2) is 0 Å². The molecule has 1 aliphatic carbocycles. The molecular weight excluding hydrogens is 287 g/mol. The monoisotopic (exact) mass is 298 g/mol. The summed E-state index contributed by atoms with van der Waals surface area (Å²) in [6, 6.07) is 6.28. The molecule has 0 bridgehead atoms. The molecule has 14 heavy (non-hydrogen) atoms. The van der Waals surface area contributed by atoms with Crippen molar-refractivity contribution >= 4 is 22.6 Å². The predicted octanol–water partition coefficient (Wildman–Crippen LogP) is 2.50. The van der Waals surface area contributed by atoms with Crippen molar-refractivity contribution in [3.05, 3.63) is 32.4 Å². The predicted molar refractivity (Wildman–Crippen MR) is 63.7 cm³/mol. The van der Waals surface area contributed by atoms with E-state index in [4.69, 9.17) is 11.0 Å². The van der Waals surface area contributed by atoms with E-state index in [2.05, 4.69) is 34.7 Å². The second-order valence-electron chi connectivity index (χ2n) is 3.61. The summed E-state index contributed by atoms with van der Waals surface area (Å²) in [5, 5.41) is 8.91. The molecule has 0 amide bonds. The van der Waals surface area contributed by atoms with Gasteiger partial charge < -0.3 is 5.73 Å². The van der Waals surface area contributed by atoms with Gasteiger partial charge in [0.2, 0.25) is 0 Å². The van der Waals surface area contributed by atoms with Gasteiger partial charge in [0.15, 0.2) is 0 Å². The van der Waals surface area contributed by atoms with Crippen molar-refractivity contribution < 1.29 is 0 Å². The fourth-order valence-electron chi connectivity index (χ4n) is 1.99. The van der Waals surface area contributed by atoms with Crippen molar-refractivity contribution in [3.63, 3.8) is 0 Å². The first-order valence-corrected chi connectivity index (χ1v) is 5.79. The van der Waals surface area contributed by atoms with Gasteiger partial charge in [-0.3, -0.25) is 0 Å². The Morgan fingerprint density at radius 1 is 1.50 bits per heavy atom. The fourth-order valence-corrected chi connectivity index (χ4v) is 3.04. The molecule has 1 aliphatic rings. The van der Waals surface area contributed by atoms with Crippen molar-refractivity contribution in [3.8, 4) is 6.07 Å². The Balaban J connectivity index is 2.61. The Morgan fingerprint density at radius 2 is 2.29 bits per heavy atom. The van der Waals surface area contributed by atoms with Crippen LogP contribution in [0.15, 0.2) is 12.1 Å². The molecule has 1 aromatic rings. The highest BCUT2D eigenvalue weighted by Gasteiger charge is 2.20. The maximum absolute atomic E-state index is 8.91. The third-order valence-corrected chi connectivity index (χ3v) is 3.88. The maximum Gasteiger partial charge on any atom is 0.100 e. The van der Waals surface area contributed by atoms with Crippen LogP contribution in [-0.2, 0) is 6.42 Å². The van der Waals surface area contributed by atoms with E-state index in [0.717, 1.165) is 28.4 Å². The van der Waals surface area contributed by atoms with Gasteiger partial charge in [0.1, 0.15) is 6.07 Å². The second kappa shape index (κ2) is 3.87. The molecule has 1 atom stereocenters. The molecule has 2 N–H and O–H groups in total. The Labute approximate surface area is 97.2 Å². The first-order chi connectivity index (χ1) is 6.74. The van der Waals surface area contributed by atoms with E-state index < -0.39 is 0 Å². The van der Waals surface area contributed by atoms with Gasteiger partial charge in [0.25, 0.3) is 0 Å². The first kappa shape index (κ1) is 9.94. The molecule has 2 rings (SSSR count). The summed E-state index contributed by atoms with van der Waals surface area (Å²) in [6.07, 6.45) is 3.30. The number of nitrogens with zero attached hydrogens (tertiary/aromatic N) is 1. The minimum absolute atomic E-state index is 0.124. The molecule has 3 heteroatoms. The van der Waals surface area contributed by atoms with Crippen LogP contribution in [0.3, 0.4) is 0 Å². The highest BCUT2D eigenvalue weighted by molar-refractivity contribution is 14.1. The van der Waals surface area contributed by atoms with Crippen molar-refractivity contribution in [1.82, 2.24) is 0 Å². The Morgan fingerprint density at radius 3 is 3.00 bits per heavy atom. The molecule has 0 unspecified atom stereocenters. The van der Waals surface area contributed by atoms with Gasteiger partial charge in [-0.1, -0.05) is 6.07 Å². The van der Waals surface area contributed by atoms with E-state index in [1.54, 1.807) is 0 Å². The van der Waals surface area contributed by atoms with Crippen LogP contribution < -0.4 is 5.73 Å². The van der Waals surface area contributed by atoms with Gasteiger partial charge in [0, 0.05) is 9.61 Å². The summed E-state index contributed by atoms with van der Waals surface area (Å²) in [5.41, 5.74) is 9.34. The number of hydrogen-bond acceptors (Lipinski definition) is 2. The molecule has 0 saturated heterocycles. The van der Waals surface area contributed by atoms with Crippen molar-refractivity contribution in [2.24, 2.45) is 5.73 Å². The van der Waals surface area contributed by atoms with Crippen LogP contribution in [0.1, 0.15) is 35.6 Å². The zero-order valence-electron chi connectivity index (χ0n) is 7.76. The first-order valence-electron chi connectivity index (χ1n) is 4.71. The zero-order chi connectivity index (χ0) is 10.1. The highest BCUT2D eigenvalue weighted by Crippen LogP contribution is 2.33. The van der Waals surface area contributed by atoms with E-state index in [9.17, 15) is 0 Å². The lowest BCUT2D eigenvalue weighted by molar-refractivity contribution is 0.567. The largest absolute Gasteiger partial charge is 0.324 e. The van der Waals surface area contributed by atoms with Crippen molar-refractivity contribution in [2.75, 3.05) is 0 Å². The number of benzene rings is 1. The van der Waals surface area contributed by atoms with E-state index in [-0.39, 0.29) is 6.04 Å². The molecule has 0 aliphatic heterocycles. The normalized spacial score (nSPS) is 19.9. The van der Waals surface area contributed by atoms with Crippen LogP contribution in [0, 0.1) is 14.9 Å². The lowest BCUT2D eigenvalue weighted by Gasteiger charge is -2.23. The summed E-state index contributed by atoms with van der Waals surface area (Å²) >= 11 is 2.24. The van der Waals surface area contributed by atoms with Crippen LogP contribution >= 0.6 is 22.6 Å². The molecule has 0 fully saturated rings. The standard InChI is InChI=1S/C11H11IN2/c12-11-8(6-13)5-4-7-2-1-3-9(14)10(7)11/h4-5,9H,1-3,14H2/t9-/m1/s1. The van der Waals surface area contributed by atoms with Gasteiger partial charge in [-0.15, -0.1) is 0 Å². The van der Waals surface area contributed by atoms with Crippen LogP contribution in [-0.4, -0.2) is 0 Å². The number of aryl methyl sites for hydroxylation is 1. The summed E-state index contributed by atoms with van der Waals surface area (Å²) in [6.45, 7) is 0. The van der Waals surface area contributed by atoms with Gasteiger partial charge >= 0.3 is 0 Å². The van der Waals surface area contributed by atoms with E-state index >= 15 is 0 Å². The third-order valence-electron chi connectivity index (χ3n) is 2.72. The Hall–Kier alpha value is -0.600. The van der Waals surface area contributed by atoms with Crippen molar-refractivity contribution in [2.45, 2.75) is 25.3 Å². The van der Waals surface area contributed by atoms with Crippen LogP contribution in [0.2, 0.25) is 0 Å². The topological polar surface area (TPSA) is 49.8 Å². The molecule has 0 aromatic heterocycles. The minimum atomic E-state index is 0.124. The average Bonchev–Trinajstić information content (AvgIpc) is 2.18. The molecule has 0 spiro atoms. The molecular formula is C11H11IN2. The fraction of sp³-hybridized carbons (Fsp3) is 0.364. The summed E-state index contributed by atoms with van der Waals surface area (Å²) in [7, 11) is 0. The molecule has 72 valence electrons. The van der Waals surface area contributed by atoms with E-state index in [1.807, 2.05) is 6.07 Å². The molecule has 1 aromatic carbocycles. The van der Waals surface area contributed by atoms with Crippen molar-refractivity contribution in [1.29, 1.82) is 5.26 Å². The lowest BCUT2D eigenvalue weighted by Crippen LogP contribution is -2.19. The van der Waals surface area contributed by atoms with E-state index in [1.165, 1.54) is 11.1 Å². The number of nitrogens with two attached hydrogens (primary N) is 1. The number of rotatable bonds is 0. The third kappa shape index (κ3) is 1.53. The van der Waals surface area contributed by atoms with E-state index in [0.29, 0.717) is 0 Å². The molecule has 0 heterocycles. The number of fused-ring (bicyclic) bond motifs is 1. The number of hydrogen-bond donors (Lipinski definition) is 1. The number of halogens is 1. The number of nitriles is 1. The van der Waals surface area contributed by atoms with Crippen LogP contribution in [0.4, 0.5) is 0 Å². The van der Waals surface area contributed by atoms with Gasteiger partial charge in [-0.2, -0.15) is 5.26 Å². The quantitative estimate of drug-likeness (QED) is 0.748. The maximum atomic E-state index is 8.91. The average molecular weight is 298 g/mol. The SMILES string of the molecule is N#Cc1ccc2c(c1I)[C@H](N)CCC2. The smallest absolute Gasteiger partial charge is 0.100 e. The summed E-state index contributed by atoms with van der Waals surface area (Å²) in [5.74, 6) is 0. The van der Waals surface area contributed by atoms with Gasteiger partial charge in [0.05, 0.1) is 5.56 Å². The lowest BCUT2D eigenvalue weighted by atomic mass is 9.87. The van der Waals surface area contributed by atoms with Gasteiger partial charge in [-0.05, 0) is 59.0 Å². The summed E-state index contributed by atoms with van der Waals surface area (Å²) < 4.78 is 1.05. The van der Waals surface area contributed by atoms with Crippen LogP contribution in [0.5, 0.6) is 0 Å². The zero-order valence-corrected chi connectivity index (χ0v) is 9.91. The molecule has 0 radical (unpaired) electrons. The molecule has 2 nitrogen and oxygen atoms in total. The minimum Gasteiger partial charge on any atom is -0.324 e. The van der Waals surface area contributed by atoms with Crippen LogP contribution in [0.25, 0.3) is 0 Å². The Bertz CT molecular complexity index is 406. The second-order valence-corrected chi connectivity index (χ2v) is 4.69. The molecule has 0 saturated carbocycles. The highest BCUT2D eigenvalue weighted by atomic mass is 127. The Kier molecular flexibility index (Phi) is 2.75. The summed E-state index contributed by atoms with van der Waals surface area (Å²) in [4.78, 5) is 0.